The predicted octanol–water partition coefficient (Wildman–Crippen LogP) is 4.65. The van der Waals surface area contributed by atoms with Crippen LogP contribution in [0.1, 0.15) is 45.6 Å². The zero-order valence-electron chi connectivity index (χ0n) is 17.5. The van der Waals surface area contributed by atoms with E-state index in [9.17, 15) is 28.0 Å². The molecule has 10 heteroatoms. The van der Waals surface area contributed by atoms with Crippen LogP contribution in [0, 0.1) is 11.5 Å². The number of halogens is 3. The predicted molar refractivity (Wildman–Crippen MR) is 108 cm³/mol. The minimum atomic E-state index is -4.45. The SMILES string of the molecule is CC(C)(C)OC(=O)N1CC(Sc2cccc(C(F)(F)F)c2)CC1C(=O)N(C#N)C1CC1. The van der Waals surface area contributed by atoms with Gasteiger partial charge in [0.25, 0.3) is 5.91 Å². The second-order valence-electron chi connectivity index (χ2n) is 8.69. The van der Waals surface area contributed by atoms with E-state index in [1.54, 1.807) is 26.8 Å². The Labute approximate surface area is 183 Å². The third kappa shape index (κ3) is 5.85. The summed E-state index contributed by atoms with van der Waals surface area (Å²) in [6.07, 6.45) is -1.52. The number of likely N-dealkylation sites (tertiary alicyclic amines) is 1. The van der Waals surface area contributed by atoms with Gasteiger partial charge in [-0.1, -0.05) is 6.07 Å². The van der Waals surface area contributed by atoms with E-state index in [1.165, 1.54) is 22.7 Å². The van der Waals surface area contributed by atoms with Crippen LogP contribution in [0.5, 0.6) is 0 Å². The van der Waals surface area contributed by atoms with Gasteiger partial charge in [-0.2, -0.15) is 18.4 Å². The number of amides is 2. The zero-order chi connectivity index (χ0) is 23.0. The van der Waals surface area contributed by atoms with Gasteiger partial charge in [0.1, 0.15) is 11.6 Å². The van der Waals surface area contributed by atoms with E-state index in [0.717, 1.165) is 29.9 Å². The molecule has 2 fully saturated rings. The van der Waals surface area contributed by atoms with Crippen LogP contribution in [0.3, 0.4) is 0 Å². The molecule has 0 N–H and O–H groups in total. The van der Waals surface area contributed by atoms with Crippen LogP contribution in [-0.2, 0) is 15.7 Å². The molecule has 2 atom stereocenters. The molecule has 1 heterocycles. The standard InChI is InChI=1S/C21H24F3N3O3S/c1-20(2,3)30-19(29)26-11-16(10-17(26)18(28)27(12-25)14-7-8-14)31-15-6-4-5-13(9-15)21(22,23)24/h4-6,9,14,16-17H,7-8,10-11H2,1-3H3. The van der Waals surface area contributed by atoms with E-state index >= 15 is 0 Å². The Hall–Kier alpha value is -2.41. The van der Waals surface area contributed by atoms with Crippen molar-refractivity contribution in [1.82, 2.24) is 9.80 Å². The van der Waals surface area contributed by atoms with Crippen molar-refractivity contribution in [1.29, 1.82) is 5.26 Å². The maximum Gasteiger partial charge on any atom is 0.416 e. The number of nitrogens with zero attached hydrogens (tertiary/aromatic N) is 3. The van der Waals surface area contributed by atoms with Gasteiger partial charge in [-0.15, -0.1) is 11.8 Å². The molecule has 0 radical (unpaired) electrons. The number of ether oxygens (including phenoxy) is 1. The maximum absolute atomic E-state index is 13.0. The molecule has 1 aliphatic carbocycles. The van der Waals surface area contributed by atoms with E-state index in [1.807, 2.05) is 6.19 Å². The Morgan fingerprint density at radius 2 is 1.94 bits per heavy atom. The normalized spacial score (nSPS) is 21.5. The first-order valence-electron chi connectivity index (χ1n) is 9.95. The highest BCUT2D eigenvalue weighted by atomic mass is 32.2. The number of thioether (sulfide) groups is 1. The van der Waals surface area contributed by atoms with Gasteiger partial charge in [0.05, 0.1) is 5.56 Å². The van der Waals surface area contributed by atoms with Crippen LogP contribution >= 0.6 is 11.8 Å². The lowest BCUT2D eigenvalue weighted by Crippen LogP contribution is -2.48. The highest BCUT2D eigenvalue weighted by molar-refractivity contribution is 8.00. The molecule has 1 aliphatic heterocycles. The second kappa shape index (κ2) is 8.61. The molecule has 2 amide bonds. The number of carbonyl (C=O) groups excluding carboxylic acids is 2. The molecule has 1 aromatic carbocycles. The van der Waals surface area contributed by atoms with Crippen molar-refractivity contribution in [2.45, 2.75) is 74.0 Å². The van der Waals surface area contributed by atoms with E-state index in [4.69, 9.17) is 4.74 Å². The van der Waals surface area contributed by atoms with Gasteiger partial charge in [-0.25, -0.2) is 9.69 Å². The smallest absolute Gasteiger partial charge is 0.416 e. The molecule has 168 valence electrons. The quantitative estimate of drug-likeness (QED) is 0.488. The van der Waals surface area contributed by atoms with Crippen molar-refractivity contribution in [2.24, 2.45) is 0 Å². The summed E-state index contributed by atoms with van der Waals surface area (Å²) in [5.74, 6) is -0.469. The minimum absolute atomic E-state index is 0.135. The molecule has 3 rings (SSSR count). The number of nitriles is 1. The third-order valence-electron chi connectivity index (χ3n) is 4.90. The van der Waals surface area contributed by atoms with Crippen LogP contribution in [-0.4, -0.2) is 51.3 Å². The van der Waals surface area contributed by atoms with Gasteiger partial charge in [0, 0.05) is 22.7 Å². The molecule has 0 aromatic heterocycles. The van der Waals surface area contributed by atoms with Gasteiger partial charge >= 0.3 is 12.3 Å². The number of benzene rings is 1. The number of alkyl halides is 3. The number of hydrogen-bond acceptors (Lipinski definition) is 5. The van der Waals surface area contributed by atoms with E-state index in [0.29, 0.717) is 4.90 Å². The zero-order valence-corrected chi connectivity index (χ0v) is 18.3. The third-order valence-corrected chi connectivity index (χ3v) is 6.10. The van der Waals surface area contributed by atoms with Gasteiger partial charge in [-0.05, 0) is 58.2 Å². The average molecular weight is 456 g/mol. The first-order valence-corrected chi connectivity index (χ1v) is 10.8. The molecule has 2 aliphatic rings. The fourth-order valence-corrected chi connectivity index (χ4v) is 4.63. The van der Waals surface area contributed by atoms with E-state index in [-0.39, 0.29) is 24.3 Å². The van der Waals surface area contributed by atoms with Crippen molar-refractivity contribution in [3.63, 3.8) is 0 Å². The molecular formula is C21H24F3N3O3S. The molecule has 2 unspecified atom stereocenters. The maximum atomic E-state index is 13.0. The molecule has 0 spiro atoms. The molecule has 0 bridgehead atoms. The van der Waals surface area contributed by atoms with Crippen molar-refractivity contribution >= 4 is 23.8 Å². The Balaban J connectivity index is 1.80. The fourth-order valence-electron chi connectivity index (χ4n) is 3.38. The van der Waals surface area contributed by atoms with Crippen molar-refractivity contribution < 1.29 is 27.5 Å². The van der Waals surface area contributed by atoms with Crippen LogP contribution in [0.4, 0.5) is 18.0 Å². The topological polar surface area (TPSA) is 73.6 Å². The highest BCUT2D eigenvalue weighted by Gasteiger charge is 2.46. The highest BCUT2D eigenvalue weighted by Crippen LogP contribution is 2.38. The Morgan fingerprint density at radius 3 is 2.48 bits per heavy atom. The molecule has 1 saturated carbocycles. The summed E-state index contributed by atoms with van der Waals surface area (Å²) in [6, 6.07) is 3.92. The van der Waals surface area contributed by atoms with Gasteiger partial charge in [0.15, 0.2) is 6.19 Å². The summed E-state index contributed by atoms with van der Waals surface area (Å²) in [7, 11) is 0. The van der Waals surface area contributed by atoms with Gasteiger partial charge in [0.2, 0.25) is 0 Å². The molecule has 6 nitrogen and oxygen atoms in total. The van der Waals surface area contributed by atoms with Crippen LogP contribution < -0.4 is 0 Å². The Kier molecular flexibility index (Phi) is 6.46. The van der Waals surface area contributed by atoms with Gasteiger partial charge in [-0.3, -0.25) is 9.69 Å². The lowest BCUT2D eigenvalue weighted by atomic mass is 10.2. The van der Waals surface area contributed by atoms with Crippen molar-refractivity contribution in [3.8, 4) is 6.19 Å². The van der Waals surface area contributed by atoms with E-state index < -0.39 is 35.4 Å². The molecule has 1 saturated heterocycles. The first kappa shape index (κ1) is 23.3. The van der Waals surface area contributed by atoms with Gasteiger partial charge < -0.3 is 4.74 Å². The minimum Gasteiger partial charge on any atom is -0.444 e. The summed E-state index contributed by atoms with van der Waals surface area (Å²) >= 11 is 1.18. The summed E-state index contributed by atoms with van der Waals surface area (Å²) in [5, 5.41) is 9.08. The Morgan fingerprint density at radius 1 is 1.26 bits per heavy atom. The monoisotopic (exact) mass is 455 g/mol. The molecule has 31 heavy (non-hydrogen) atoms. The lowest BCUT2D eigenvalue weighted by molar-refractivity contribution is -0.137. The number of hydrogen-bond donors (Lipinski definition) is 0. The largest absolute Gasteiger partial charge is 0.444 e. The Bertz CT molecular complexity index is 890. The van der Waals surface area contributed by atoms with E-state index in [2.05, 4.69) is 0 Å². The summed E-state index contributed by atoms with van der Waals surface area (Å²) < 4.78 is 44.5. The summed E-state index contributed by atoms with van der Waals surface area (Å²) in [4.78, 5) is 28.6. The first-order chi connectivity index (χ1) is 14.4. The molecular weight excluding hydrogens is 431 g/mol. The lowest BCUT2D eigenvalue weighted by Gasteiger charge is -2.29. The second-order valence-corrected chi connectivity index (χ2v) is 10.1. The number of carbonyl (C=O) groups is 2. The van der Waals surface area contributed by atoms with Crippen LogP contribution in [0.2, 0.25) is 0 Å². The summed E-state index contributed by atoms with van der Waals surface area (Å²) in [5.41, 5.74) is -1.53. The van der Waals surface area contributed by atoms with Crippen LogP contribution in [0.15, 0.2) is 29.2 Å². The molecule has 1 aromatic rings. The summed E-state index contributed by atoms with van der Waals surface area (Å²) in [6.45, 7) is 5.26. The van der Waals surface area contributed by atoms with Crippen molar-refractivity contribution in [3.05, 3.63) is 29.8 Å². The number of rotatable bonds is 4. The van der Waals surface area contributed by atoms with Crippen LogP contribution in [0.25, 0.3) is 0 Å². The fraction of sp³-hybridized carbons (Fsp3) is 0.571. The average Bonchev–Trinajstić information content (AvgIpc) is 3.39. The van der Waals surface area contributed by atoms with Crippen molar-refractivity contribution in [2.75, 3.05) is 6.54 Å².